The summed E-state index contributed by atoms with van der Waals surface area (Å²) in [7, 11) is -0.274. The molecule has 0 N–H and O–H groups in total. The number of hydrogen-bond donors (Lipinski definition) is 0. The minimum Gasteiger partial charge on any atom is -0.399 e. The van der Waals surface area contributed by atoms with Gasteiger partial charge in [-0.25, -0.2) is 0 Å². The third-order valence-electron chi connectivity index (χ3n) is 6.37. The molecule has 0 aliphatic carbocycles. The van der Waals surface area contributed by atoms with Crippen LogP contribution in [0.25, 0.3) is 0 Å². The third-order valence-corrected chi connectivity index (χ3v) is 6.37. The van der Waals surface area contributed by atoms with Crippen LogP contribution < -0.4 is 10.4 Å². The van der Waals surface area contributed by atoms with Crippen molar-refractivity contribution in [2.45, 2.75) is 72.5 Å². The zero-order chi connectivity index (χ0) is 20.6. The van der Waals surface area contributed by atoms with Gasteiger partial charge in [-0.2, -0.15) is 0 Å². The van der Waals surface area contributed by atoms with Crippen LogP contribution in [-0.4, -0.2) is 55.9 Å². The maximum atomic E-state index is 6.39. The molecule has 1 atom stereocenters. The summed E-state index contributed by atoms with van der Waals surface area (Å²) in [5.74, 6) is 0. The highest BCUT2D eigenvalue weighted by Crippen LogP contribution is 2.40. The Labute approximate surface area is 172 Å². The van der Waals surface area contributed by atoms with Crippen molar-refractivity contribution >= 4 is 18.3 Å². The van der Waals surface area contributed by atoms with Gasteiger partial charge in [0, 0.05) is 38.4 Å². The largest absolute Gasteiger partial charge is 0.494 e. The first-order chi connectivity index (χ1) is 13.0. The molecule has 0 radical (unpaired) electrons. The lowest BCUT2D eigenvalue weighted by molar-refractivity contribution is -0.0159. The highest BCUT2D eigenvalue weighted by atomic mass is 16.7. The predicted octanol–water partition coefficient (Wildman–Crippen LogP) is 3.93. The molecule has 2 heterocycles. The van der Waals surface area contributed by atoms with E-state index in [1.54, 1.807) is 0 Å². The molecule has 1 unspecified atom stereocenters. The highest BCUT2D eigenvalue weighted by molar-refractivity contribution is 6.62. The summed E-state index contributed by atoms with van der Waals surface area (Å²) < 4.78 is 12.7. The Morgan fingerprint density at radius 1 is 0.964 bits per heavy atom. The van der Waals surface area contributed by atoms with Crippen molar-refractivity contribution < 1.29 is 9.31 Å². The van der Waals surface area contributed by atoms with Crippen molar-refractivity contribution in [3.63, 3.8) is 0 Å². The molecule has 0 amide bonds. The number of benzene rings is 1. The zero-order valence-corrected chi connectivity index (χ0v) is 19.0. The van der Waals surface area contributed by atoms with Crippen molar-refractivity contribution in [2.75, 3.05) is 37.6 Å². The number of anilines is 1. The molecule has 3 rings (SSSR count). The van der Waals surface area contributed by atoms with E-state index >= 15 is 0 Å². The van der Waals surface area contributed by atoms with Crippen molar-refractivity contribution in [1.29, 1.82) is 0 Å². The van der Waals surface area contributed by atoms with Crippen LogP contribution in [0.4, 0.5) is 5.69 Å². The first-order valence-corrected chi connectivity index (χ1v) is 11.0. The molecular weight excluding hydrogens is 347 g/mol. The van der Waals surface area contributed by atoms with Gasteiger partial charge in [0.1, 0.15) is 0 Å². The molecule has 0 bridgehead atoms. The molecule has 1 aromatic carbocycles. The number of hydrogen-bond acceptors (Lipinski definition) is 4. The predicted molar refractivity (Wildman–Crippen MR) is 120 cm³/mol. The fourth-order valence-corrected chi connectivity index (χ4v) is 4.44. The molecule has 1 aromatic rings. The lowest BCUT2D eigenvalue weighted by atomic mass is 9.79. The molecule has 2 aliphatic heterocycles. The van der Waals surface area contributed by atoms with Gasteiger partial charge >= 0.3 is 7.12 Å². The fraction of sp³-hybridized carbons (Fsp3) is 0.739. The second kappa shape index (κ2) is 8.00. The Morgan fingerprint density at radius 3 is 2.11 bits per heavy atom. The molecule has 0 spiro atoms. The molecule has 2 aliphatic rings. The summed E-state index contributed by atoms with van der Waals surface area (Å²) in [6.45, 7) is 21.3. The van der Waals surface area contributed by atoms with E-state index in [4.69, 9.17) is 9.31 Å². The van der Waals surface area contributed by atoms with Gasteiger partial charge < -0.3 is 14.2 Å². The summed E-state index contributed by atoms with van der Waals surface area (Å²) in [5.41, 5.74) is 2.26. The Hall–Kier alpha value is -1.04. The number of nitrogens with zero attached hydrogens (tertiary/aromatic N) is 2. The molecule has 156 valence electrons. The van der Waals surface area contributed by atoms with Crippen LogP contribution >= 0.6 is 0 Å². The van der Waals surface area contributed by atoms with E-state index < -0.39 is 0 Å². The van der Waals surface area contributed by atoms with Crippen molar-refractivity contribution in [3.8, 4) is 0 Å². The van der Waals surface area contributed by atoms with Gasteiger partial charge in [0.2, 0.25) is 0 Å². The molecule has 28 heavy (non-hydrogen) atoms. The topological polar surface area (TPSA) is 24.9 Å². The maximum Gasteiger partial charge on any atom is 0.494 e. The van der Waals surface area contributed by atoms with Gasteiger partial charge in [0.25, 0.3) is 0 Å². The zero-order valence-electron chi connectivity index (χ0n) is 19.0. The van der Waals surface area contributed by atoms with Crippen molar-refractivity contribution in [3.05, 3.63) is 24.3 Å². The van der Waals surface area contributed by atoms with E-state index in [-0.39, 0.29) is 18.3 Å². The lowest BCUT2D eigenvalue weighted by Crippen LogP contribution is -2.48. The first kappa shape index (κ1) is 21.7. The van der Waals surface area contributed by atoms with Crippen LogP contribution in [-0.2, 0) is 9.31 Å². The Bertz CT molecular complexity index is 648. The maximum absolute atomic E-state index is 6.39. The van der Waals surface area contributed by atoms with E-state index in [1.807, 2.05) is 0 Å². The van der Waals surface area contributed by atoms with Crippen LogP contribution in [0.2, 0.25) is 0 Å². The molecule has 2 fully saturated rings. The molecule has 5 heteroatoms. The fourth-order valence-electron chi connectivity index (χ4n) is 4.44. The van der Waals surface area contributed by atoms with Gasteiger partial charge in [-0.3, -0.25) is 4.90 Å². The van der Waals surface area contributed by atoms with Gasteiger partial charge in [0.05, 0.1) is 11.2 Å². The smallest absolute Gasteiger partial charge is 0.399 e. The summed E-state index contributed by atoms with van der Waals surface area (Å²) >= 11 is 0. The van der Waals surface area contributed by atoms with E-state index in [1.165, 1.54) is 12.2 Å². The minimum atomic E-state index is -0.282. The van der Waals surface area contributed by atoms with Crippen molar-refractivity contribution in [2.24, 2.45) is 5.41 Å². The standard InChI is InChI=1S/C23H39BN2O2/c1-8-13-23(7)22(5,6)27-24(28-23)19-9-11-20(12-10-19)26-16-14-25(15-17-26)18-21(2,3)4/h9-12H,8,13-18H2,1-7H3. The van der Waals surface area contributed by atoms with E-state index in [0.717, 1.165) is 44.5 Å². The average molecular weight is 386 g/mol. The molecule has 0 aromatic heterocycles. The number of rotatable bonds is 5. The Morgan fingerprint density at radius 2 is 1.57 bits per heavy atom. The Balaban J connectivity index is 1.61. The van der Waals surface area contributed by atoms with E-state index in [2.05, 4.69) is 82.5 Å². The lowest BCUT2D eigenvalue weighted by Gasteiger charge is -2.38. The average Bonchev–Trinajstić information content (AvgIpc) is 2.84. The molecule has 4 nitrogen and oxygen atoms in total. The second-order valence-electron chi connectivity index (χ2n) is 10.5. The first-order valence-electron chi connectivity index (χ1n) is 11.0. The molecular formula is C23H39BN2O2. The summed E-state index contributed by atoms with van der Waals surface area (Å²) in [4.78, 5) is 5.08. The monoisotopic (exact) mass is 386 g/mol. The van der Waals surface area contributed by atoms with Gasteiger partial charge in [0.15, 0.2) is 0 Å². The van der Waals surface area contributed by atoms with E-state index in [0.29, 0.717) is 5.41 Å². The summed E-state index contributed by atoms with van der Waals surface area (Å²) in [6, 6.07) is 8.80. The van der Waals surface area contributed by atoms with Gasteiger partial charge in [-0.1, -0.05) is 46.2 Å². The van der Waals surface area contributed by atoms with Crippen LogP contribution in [0.3, 0.4) is 0 Å². The number of piperazine rings is 1. The quantitative estimate of drug-likeness (QED) is 0.716. The summed E-state index contributed by atoms with van der Waals surface area (Å²) in [5, 5.41) is 0. The van der Waals surface area contributed by atoms with Crippen LogP contribution in [0.1, 0.15) is 61.3 Å². The normalized spacial score (nSPS) is 26.1. The third kappa shape index (κ3) is 4.75. The SMILES string of the molecule is CCCC1(C)OB(c2ccc(N3CCN(CC(C)(C)C)CC3)cc2)OC1(C)C. The van der Waals surface area contributed by atoms with Crippen LogP contribution in [0.5, 0.6) is 0 Å². The molecule has 2 saturated heterocycles. The van der Waals surface area contributed by atoms with Crippen LogP contribution in [0.15, 0.2) is 24.3 Å². The van der Waals surface area contributed by atoms with Crippen molar-refractivity contribution in [1.82, 2.24) is 4.90 Å². The van der Waals surface area contributed by atoms with Crippen LogP contribution in [0, 0.1) is 5.41 Å². The van der Waals surface area contributed by atoms with E-state index in [9.17, 15) is 0 Å². The van der Waals surface area contributed by atoms with Gasteiger partial charge in [-0.15, -0.1) is 0 Å². The molecule has 0 saturated carbocycles. The Kier molecular flexibility index (Phi) is 6.19. The van der Waals surface area contributed by atoms with Gasteiger partial charge in [-0.05, 0) is 50.2 Å². The minimum absolute atomic E-state index is 0.242. The second-order valence-corrected chi connectivity index (χ2v) is 10.5. The highest BCUT2D eigenvalue weighted by Gasteiger charge is 2.53. The summed E-state index contributed by atoms with van der Waals surface area (Å²) in [6.07, 6.45) is 2.10.